The van der Waals surface area contributed by atoms with Crippen molar-refractivity contribution in [1.82, 2.24) is 9.80 Å². The Morgan fingerprint density at radius 1 is 0.962 bits per heavy atom. The molecule has 5 heteroatoms. The highest BCUT2D eigenvalue weighted by atomic mass is 35.5. The van der Waals surface area contributed by atoms with Crippen molar-refractivity contribution in [3.63, 3.8) is 0 Å². The van der Waals surface area contributed by atoms with Crippen LogP contribution in [-0.4, -0.2) is 47.8 Å². The zero-order valence-electron chi connectivity index (χ0n) is 15.0. The van der Waals surface area contributed by atoms with E-state index in [0.717, 1.165) is 17.5 Å². The molecule has 0 N–H and O–H groups in total. The van der Waals surface area contributed by atoms with Crippen LogP contribution < -0.4 is 0 Å². The summed E-state index contributed by atoms with van der Waals surface area (Å²) in [6.45, 7) is 4.47. The lowest BCUT2D eigenvalue weighted by atomic mass is 10.1. The van der Waals surface area contributed by atoms with E-state index in [2.05, 4.69) is 0 Å². The molecule has 0 bridgehead atoms. The van der Waals surface area contributed by atoms with Crippen molar-refractivity contribution in [3.8, 4) is 0 Å². The Hall–Kier alpha value is -2.33. The van der Waals surface area contributed by atoms with Gasteiger partial charge in [0, 0.05) is 36.8 Å². The molecule has 2 aromatic carbocycles. The third-order valence-corrected chi connectivity index (χ3v) is 5.05. The molecule has 1 aliphatic heterocycles. The maximum atomic E-state index is 12.7. The molecule has 26 heavy (non-hydrogen) atoms. The van der Waals surface area contributed by atoms with Crippen LogP contribution in [0.3, 0.4) is 0 Å². The molecule has 2 amide bonds. The van der Waals surface area contributed by atoms with E-state index in [4.69, 9.17) is 11.6 Å². The first-order chi connectivity index (χ1) is 12.5. The Morgan fingerprint density at radius 3 is 2.46 bits per heavy atom. The molecule has 1 fully saturated rings. The SMILES string of the molecule is Cc1ccccc1CC(=O)N1CCCN(C(=O)c2cccc(Cl)c2)CC1. The van der Waals surface area contributed by atoms with Gasteiger partial charge in [-0.15, -0.1) is 0 Å². The number of halogens is 1. The molecule has 0 radical (unpaired) electrons. The first kappa shape index (κ1) is 18.5. The molecule has 0 aromatic heterocycles. The second-order valence-corrected chi connectivity index (χ2v) is 7.08. The van der Waals surface area contributed by atoms with Gasteiger partial charge in [0.25, 0.3) is 5.91 Å². The van der Waals surface area contributed by atoms with Gasteiger partial charge in [0.2, 0.25) is 5.91 Å². The van der Waals surface area contributed by atoms with E-state index in [-0.39, 0.29) is 11.8 Å². The van der Waals surface area contributed by atoms with E-state index in [1.807, 2.05) is 41.0 Å². The molecule has 136 valence electrons. The minimum absolute atomic E-state index is 0.0271. The van der Waals surface area contributed by atoms with Gasteiger partial charge in [-0.2, -0.15) is 0 Å². The highest BCUT2D eigenvalue weighted by Crippen LogP contribution is 2.15. The molecule has 0 unspecified atom stereocenters. The first-order valence-electron chi connectivity index (χ1n) is 8.92. The molecule has 3 rings (SSSR count). The van der Waals surface area contributed by atoms with E-state index in [9.17, 15) is 9.59 Å². The molecule has 4 nitrogen and oxygen atoms in total. The Kier molecular flexibility index (Phi) is 5.94. The lowest BCUT2D eigenvalue weighted by molar-refractivity contribution is -0.130. The molecule has 1 saturated heterocycles. The third kappa shape index (κ3) is 4.44. The fourth-order valence-corrected chi connectivity index (χ4v) is 3.45. The average Bonchev–Trinajstić information content (AvgIpc) is 2.89. The van der Waals surface area contributed by atoms with Crippen molar-refractivity contribution in [2.45, 2.75) is 19.8 Å². The number of hydrogen-bond donors (Lipinski definition) is 0. The van der Waals surface area contributed by atoms with E-state index < -0.39 is 0 Å². The highest BCUT2D eigenvalue weighted by Gasteiger charge is 2.23. The van der Waals surface area contributed by atoms with Crippen LogP contribution in [0.1, 0.15) is 27.9 Å². The van der Waals surface area contributed by atoms with Crippen LogP contribution in [0.15, 0.2) is 48.5 Å². The molecule has 0 aliphatic carbocycles. The fraction of sp³-hybridized carbons (Fsp3) is 0.333. The van der Waals surface area contributed by atoms with Gasteiger partial charge >= 0.3 is 0 Å². The summed E-state index contributed by atoms with van der Waals surface area (Å²) in [5.74, 6) is 0.0945. The molecule has 0 saturated carbocycles. The van der Waals surface area contributed by atoms with Crippen LogP contribution in [0.2, 0.25) is 5.02 Å². The summed E-state index contributed by atoms with van der Waals surface area (Å²) < 4.78 is 0. The van der Waals surface area contributed by atoms with Crippen molar-refractivity contribution in [2.24, 2.45) is 0 Å². The predicted octanol–water partition coefficient (Wildman–Crippen LogP) is 3.57. The van der Waals surface area contributed by atoms with Gasteiger partial charge in [0.05, 0.1) is 6.42 Å². The van der Waals surface area contributed by atoms with Crippen molar-refractivity contribution in [2.75, 3.05) is 26.2 Å². The van der Waals surface area contributed by atoms with E-state index >= 15 is 0 Å². The predicted molar refractivity (Wildman–Crippen MR) is 103 cm³/mol. The standard InChI is InChI=1S/C21H23ClN2O2/c1-16-6-2-3-7-17(16)15-20(25)23-10-5-11-24(13-12-23)21(26)18-8-4-9-19(22)14-18/h2-4,6-9,14H,5,10-13,15H2,1H3. The Morgan fingerprint density at radius 2 is 1.69 bits per heavy atom. The normalized spacial score (nSPS) is 14.8. The lowest BCUT2D eigenvalue weighted by Gasteiger charge is -2.22. The number of hydrogen-bond acceptors (Lipinski definition) is 2. The molecule has 1 heterocycles. The minimum atomic E-state index is -0.0271. The van der Waals surface area contributed by atoms with Crippen LogP contribution in [-0.2, 0) is 11.2 Å². The molecule has 2 aromatic rings. The number of nitrogens with zero attached hydrogens (tertiary/aromatic N) is 2. The van der Waals surface area contributed by atoms with Gasteiger partial charge < -0.3 is 9.80 Å². The van der Waals surface area contributed by atoms with Crippen LogP contribution in [0, 0.1) is 6.92 Å². The van der Waals surface area contributed by atoms with Gasteiger partial charge in [-0.05, 0) is 42.7 Å². The molecule has 0 atom stereocenters. The number of rotatable bonds is 3. The van der Waals surface area contributed by atoms with Gasteiger partial charge in [0.15, 0.2) is 0 Å². The summed E-state index contributed by atoms with van der Waals surface area (Å²) in [5, 5.41) is 0.556. The first-order valence-corrected chi connectivity index (χ1v) is 9.29. The second kappa shape index (κ2) is 8.37. The Labute approximate surface area is 159 Å². The number of carbonyl (C=O) groups is 2. The van der Waals surface area contributed by atoms with E-state index in [1.165, 1.54) is 0 Å². The van der Waals surface area contributed by atoms with Crippen LogP contribution in [0.4, 0.5) is 0 Å². The van der Waals surface area contributed by atoms with Crippen molar-refractivity contribution >= 4 is 23.4 Å². The number of benzene rings is 2. The molecule has 1 aliphatic rings. The summed E-state index contributed by atoms with van der Waals surface area (Å²) >= 11 is 5.99. The topological polar surface area (TPSA) is 40.6 Å². The van der Waals surface area contributed by atoms with Crippen LogP contribution >= 0.6 is 11.6 Å². The second-order valence-electron chi connectivity index (χ2n) is 6.64. The number of amides is 2. The highest BCUT2D eigenvalue weighted by molar-refractivity contribution is 6.30. The lowest BCUT2D eigenvalue weighted by Crippen LogP contribution is -2.38. The van der Waals surface area contributed by atoms with Crippen LogP contribution in [0.25, 0.3) is 0 Å². The Balaban J connectivity index is 1.62. The Bertz CT molecular complexity index is 806. The molecular weight excluding hydrogens is 348 g/mol. The largest absolute Gasteiger partial charge is 0.341 e. The smallest absolute Gasteiger partial charge is 0.253 e. The van der Waals surface area contributed by atoms with Crippen LogP contribution in [0.5, 0.6) is 0 Å². The monoisotopic (exact) mass is 370 g/mol. The molecular formula is C21H23ClN2O2. The quantitative estimate of drug-likeness (QED) is 0.828. The van der Waals surface area contributed by atoms with Crippen molar-refractivity contribution in [1.29, 1.82) is 0 Å². The van der Waals surface area contributed by atoms with Gasteiger partial charge in [-0.25, -0.2) is 0 Å². The fourth-order valence-electron chi connectivity index (χ4n) is 3.26. The van der Waals surface area contributed by atoms with Crippen molar-refractivity contribution in [3.05, 3.63) is 70.2 Å². The summed E-state index contributed by atoms with van der Waals surface area (Å²) in [4.78, 5) is 29.0. The minimum Gasteiger partial charge on any atom is -0.341 e. The number of carbonyl (C=O) groups excluding carboxylic acids is 2. The van der Waals surface area contributed by atoms with Gasteiger partial charge in [-0.3, -0.25) is 9.59 Å². The molecule has 0 spiro atoms. The van der Waals surface area contributed by atoms with E-state index in [0.29, 0.717) is 43.2 Å². The maximum Gasteiger partial charge on any atom is 0.253 e. The zero-order valence-corrected chi connectivity index (χ0v) is 15.7. The van der Waals surface area contributed by atoms with Gasteiger partial charge in [0.1, 0.15) is 0 Å². The third-order valence-electron chi connectivity index (χ3n) is 4.81. The maximum absolute atomic E-state index is 12.7. The van der Waals surface area contributed by atoms with Crippen molar-refractivity contribution < 1.29 is 9.59 Å². The summed E-state index contributed by atoms with van der Waals surface area (Å²) in [6.07, 6.45) is 1.20. The number of aryl methyl sites for hydroxylation is 1. The zero-order chi connectivity index (χ0) is 18.5. The average molecular weight is 371 g/mol. The van der Waals surface area contributed by atoms with E-state index in [1.54, 1.807) is 24.3 Å². The summed E-state index contributed by atoms with van der Waals surface area (Å²) in [5.41, 5.74) is 2.79. The summed E-state index contributed by atoms with van der Waals surface area (Å²) in [6, 6.07) is 15.0. The van der Waals surface area contributed by atoms with Gasteiger partial charge in [-0.1, -0.05) is 41.9 Å². The summed E-state index contributed by atoms with van der Waals surface area (Å²) in [7, 11) is 0.